The van der Waals surface area contributed by atoms with Crippen LogP contribution in [0.15, 0.2) is 87.6 Å². The number of aromatic nitrogens is 2. The molecule has 0 fully saturated rings. The topological polar surface area (TPSA) is 59.3 Å². The molecule has 0 radical (unpaired) electrons. The van der Waals surface area contributed by atoms with Crippen LogP contribution in [0.5, 0.6) is 0 Å². The Hall–Kier alpha value is -3.12. The van der Waals surface area contributed by atoms with Gasteiger partial charge < -0.3 is 5.32 Å². The molecule has 3 aromatic rings. The van der Waals surface area contributed by atoms with Crippen molar-refractivity contribution in [2.75, 3.05) is 7.05 Å². The fraction of sp³-hybridized carbons (Fsp3) is 0.0500. The third kappa shape index (κ3) is 4.29. The lowest BCUT2D eigenvalue weighted by atomic mass is 10.2. The number of nitrogens with zero attached hydrogens (tertiary/aromatic N) is 3. The van der Waals surface area contributed by atoms with Gasteiger partial charge >= 0.3 is 0 Å². The highest BCUT2D eigenvalue weighted by atomic mass is 32.1. The molecule has 5 nitrogen and oxygen atoms in total. The van der Waals surface area contributed by atoms with Gasteiger partial charge in [0.2, 0.25) is 5.43 Å². The molecule has 0 saturated heterocycles. The molecule has 1 aromatic heterocycles. The number of nitrogens with one attached hydrogen (secondary N) is 1. The van der Waals surface area contributed by atoms with E-state index in [4.69, 9.17) is 0 Å². The second kappa shape index (κ2) is 8.31. The lowest BCUT2D eigenvalue weighted by molar-refractivity contribution is 0.816. The predicted octanol–water partition coefficient (Wildman–Crippen LogP) is 3.48. The number of thiol groups is 1. The number of aliphatic imine (C=N–C) groups is 1. The molecule has 0 aliphatic carbocycles. The quantitative estimate of drug-likeness (QED) is 0.540. The van der Waals surface area contributed by atoms with E-state index in [9.17, 15) is 4.79 Å². The number of hydrogen-bond acceptors (Lipinski definition) is 5. The molecule has 26 heavy (non-hydrogen) atoms. The molecule has 1 N–H and O–H groups in total. The van der Waals surface area contributed by atoms with E-state index in [0.717, 1.165) is 16.3 Å². The van der Waals surface area contributed by atoms with Gasteiger partial charge in [0.1, 0.15) is 0 Å². The highest BCUT2D eigenvalue weighted by molar-refractivity contribution is 7.80. The van der Waals surface area contributed by atoms with Gasteiger partial charge in [-0.05, 0) is 36.4 Å². The molecule has 6 heteroatoms. The summed E-state index contributed by atoms with van der Waals surface area (Å²) in [5.41, 5.74) is 2.40. The molecular formula is C20H18N4OS. The summed E-state index contributed by atoms with van der Waals surface area (Å²) in [4.78, 5) is 17.5. The number of benzene rings is 2. The summed E-state index contributed by atoms with van der Waals surface area (Å²) in [6.45, 7) is 0. The van der Waals surface area contributed by atoms with Gasteiger partial charge in [0.05, 0.1) is 17.1 Å². The SMILES string of the molecule is CN/C(=C\C=N\c1ccccc1)c1nn(-c2cccc(S)c2)ccc1=O. The summed E-state index contributed by atoms with van der Waals surface area (Å²) < 4.78 is 1.65. The first-order valence-electron chi connectivity index (χ1n) is 8.04. The molecule has 0 aliphatic heterocycles. The minimum absolute atomic E-state index is 0.169. The molecule has 0 aliphatic rings. The van der Waals surface area contributed by atoms with Gasteiger partial charge in [0, 0.05) is 30.4 Å². The Morgan fingerprint density at radius 3 is 2.69 bits per heavy atom. The summed E-state index contributed by atoms with van der Waals surface area (Å²) >= 11 is 4.35. The van der Waals surface area contributed by atoms with Crippen LogP contribution in [0.4, 0.5) is 5.69 Å². The van der Waals surface area contributed by atoms with Gasteiger partial charge in [-0.3, -0.25) is 9.79 Å². The summed E-state index contributed by atoms with van der Waals surface area (Å²) in [6.07, 6.45) is 5.02. The maximum absolute atomic E-state index is 12.3. The second-order valence-corrected chi connectivity index (χ2v) is 5.95. The average Bonchev–Trinajstić information content (AvgIpc) is 2.67. The second-order valence-electron chi connectivity index (χ2n) is 5.44. The van der Waals surface area contributed by atoms with Crippen molar-refractivity contribution in [2.45, 2.75) is 4.90 Å². The highest BCUT2D eigenvalue weighted by Crippen LogP contribution is 2.13. The van der Waals surface area contributed by atoms with Crippen LogP contribution in [0.25, 0.3) is 11.4 Å². The Labute approximate surface area is 157 Å². The summed E-state index contributed by atoms with van der Waals surface area (Å²) in [7, 11) is 1.75. The fourth-order valence-corrected chi connectivity index (χ4v) is 2.58. The van der Waals surface area contributed by atoms with Crippen LogP contribution < -0.4 is 10.7 Å². The molecule has 0 spiro atoms. The van der Waals surface area contributed by atoms with Crippen molar-refractivity contribution in [3.8, 4) is 5.69 Å². The Balaban J connectivity index is 1.95. The summed E-state index contributed by atoms with van der Waals surface area (Å²) in [5, 5.41) is 7.47. The molecule has 0 atom stereocenters. The van der Waals surface area contributed by atoms with Crippen LogP contribution in [0.2, 0.25) is 0 Å². The first-order valence-corrected chi connectivity index (χ1v) is 8.49. The fourth-order valence-electron chi connectivity index (χ4n) is 2.37. The molecule has 0 amide bonds. The normalized spacial score (nSPS) is 11.7. The Morgan fingerprint density at radius 2 is 1.96 bits per heavy atom. The molecule has 0 bridgehead atoms. The van der Waals surface area contributed by atoms with Crippen molar-refractivity contribution >= 4 is 30.2 Å². The molecule has 0 unspecified atom stereocenters. The highest BCUT2D eigenvalue weighted by Gasteiger charge is 2.08. The lowest BCUT2D eigenvalue weighted by Gasteiger charge is -2.09. The molecule has 2 aromatic carbocycles. The van der Waals surface area contributed by atoms with Crippen LogP contribution >= 0.6 is 12.6 Å². The zero-order valence-electron chi connectivity index (χ0n) is 14.2. The maximum atomic E-state index is 12.3. The number of hydrogen-bond donors (Lipinski definition) is 2. The monoisotopic (exact) mass is 362 g/mol. The largest absolute Gasteiger partial charge is 0.386 e. The van der Waals surface area contributed by atoms with E-state index in [1.165, 1.54) is 6.07 Å². The van der Waals surface area contributed by atoms with E-state index in [1.54, 1.807) is 30.2 Å². The van der Waals surface area contributed by atoms with E-state index in [0.29, 0.717) is 11.4 Å². The molecule has 1 heterocycles. The van der Waals surface area contributed by atoms with Gasteiger partial charge in [-0.15, -0.1) is 12.6 Å². The van der Waals surface area contributed by atoms with Crippen molar-refractivity contribution in [1.29, 1.82) is 0 Å². The Morgan fingerprint density at radius 1 is 1.15 bits per heavy atom. The van der Waals surface area contributed by atoms with E-state index in [1.807, 2.05) is 54.6 Å². The van der Waals surface area contributed by atoms with Gasteiger partial charge in [-0.1, -0.05) is 24.3 Å². The molecule has 3 rings (SSSR count). The number of rotatable bonds is 5. The van der Waals surface area contributed by atoms with Gasteiger partial charge in [-0.25, -0.2) is 4.68 Å². The van der Waals surface area contributed by atoms with Crippen molar-refractivity contribution in [3.05, 3.63) is 88.9 Å². The predicted molar refractivity (Wildman–Crippen MR) is 109 cm³/mol. The smallest absolute Gasteiger partial charge is 0.209 e. The minimum atomic E-state index is -0.169. The van der Waals surface area contributed by atoms with E-state index in [-0.39, 0.29) is 5.43 Å². The van der Waals surface area contributed by atoms with E-state index >= 15 is 0 Å². The zero-order chi connectivity index (χ0) is 18.4. The average molecular weight is 362 g/mol. The summed E-state index contributed by atoms with van der Waals surface area (Å²) in [6, 6.07) is 18.6. The van der Waals surface area contributed by atoms with E-state index < -0.39 is 0 Å². The Bertz CT molecular complexity index is 1010. The van der Waals surface area contributed by atoms with Gasteiger partial charge in [-0.2, -0.15) is 5.10 Å². The van der Waals surface area contributed by atoms with Crippen LogP contribution in [0.1, 0.15) is 5.69 Å². The van der Waals surface area contributed by atoms with Crippen molar-refractivity contribution in [2.24, 2.45) is 4.99 Å². The number of allylic oxidation sites excluding steroid dienone is 1. The third-order valence-corrected chi connectivity index (χ3v) is 3.93. The zero-order valence-corrected chi connectivity index (χ0v) is 15.1. The van der Waals surface area contributed by atoms with E-state index in [2.05, 4.69) is 28.0 Å². The number of para-hydroxylation sites is 1. The standard InChI is InChI=1S/C20H18N4OS/c1-21-18(10-12-22-15-6-3-2-4-7-15)20-19(25)11-13-24(23-20)16-8-5-9-17(26)14-16/h2-14,21,26H,1H3/b18-10-,22-12+. The van der Waals surface area contributed by atoms with Crippen LogP contribution in [0, 0.1) is 0 Å². The summed E-state index contributed by atoms with van der Waals surface area (Å²) in [5.74, 6) is 0. The van der Waals surface area contributed by atoms with Gasteiger partial charge in [0.15, 0.2) is 5.69 Å². The van der Waals surface area contributed by atoms with Crippen molar-refractivity contribution in [3.63, 3.8) is 0 Å². The minimum Gasteiger partial charge on any atom is -0.386 e. The molecule has 130 valence electrons. The van der Waals surface area contributed by atoms with Crippen LogP contribution in [-0.2, 0) is 0 Å². The maximum Gasteiger partial charge on any atom is 0.209 e. The first-order chi connectivity index (χ1) is 12.7. The third-order valence-electron chi connectivity index (χ3n) is 3.65. The molecule has 0 saturated carbocycles. The first kappa shape index (κ1) is 17.7. The Kier molecular flexibility index (Phi) is 5.66. The van der Waals surface area contributed by atoms with Crippen molar-refractivity contribution in [1.82, 2.24) is 15.1 Å². The van der Waals surface area contributed by atoms with Crippen molar-refractivity contribution < 1.29 is 0 Å². The van der Waals surface area contributed by atoms with Crippen LogP contribution in [-0.4, -0.2) is 23.0 Å². The molecular weight excluding hydrogens is 344 g/mol. The van der Waals surface area contributed by atoms with Crippen LogP contribution in [0.3, 0.4) is 0 Å². The lowest BCUT2D eigenvalue weighted by Crippen LogP contribution is -2.20. The van der Waals surface area contributed by atoms with Gasteiger partial charge in [0.25, 0.3) is 0 Å².